The average Bonchev–Trinajstić information content (AvgIpc) is 2.75. The van der Waals surface area contributed by atoms with Crippen molar-refractivity contribution in [3.05, 3.63) is 18.2 Å². The van der Waals surface area contributed by atoms with Crippen LogP contribution in [0.1, 0.15) is 59.3 Å². The molecule has 1 atom stereocenters. The van der Waals surface area contributed by atoms with E-state index in [9.17, 15) is 13.2 Å². The molecule has 2 aliphatic heterocycles. The van der Waals surface area contributed by atoms with E-state index < -0.39 is 10.0 Å². The van der Waals surface area contributed by atoms with E-state index in [0.29, 0.717) is 37.0 Å². The van der Waals surface area contributed by atoms with Crippen molar-refractivity contribution in [2.75, 3.05) is 38.0 Å². The molecule has 2 heterocycles. The molecule has 8 heteroatoms. The van der Waals surface area contributed by atoms with Crippen LogP contribution in [0.25, 0.3) is 0 Å². The van der Waals surface area contributed by atoms with Crippen molar-refractivity contribution in [2.45, 2.75) is 70.3 Å². The first-order chi connectivity index (χ1) is 14.8. The Kier molecular flexibility index (Phi) is 8.36. The number of nitrogens with zero attached hydrogens (tertiary/aromatic N) is 2. The Labute approximate surface area is 187 Å². The quantitative estimate of drug-likeness (QED) is 0.652. The molecule has 2 saturated heterocycles. The molecule has 31 heavy (non-hydrogen) atoms. The maximum Gasteiger partial charge on any atom is 0.243 e. The minimum Gasteiger partial charge on any atom is -0.489 e. The molecule has 1 N–H and O–H groups in total. The van der Waals surface area contributed by atoms with Crippen molar-refractivity contribution in [2.24, 2.45) is 5.92 Å². The summed E-state index contributed by atoms with van der Waals surface area (Å²) in [7, 11) is -3.59. The molecule has 3 rings (SSSR count). The number of nitrogens with one attached hydrogen (secondary N) is 1. The number of hydrogen-bond donors (Lipinski definition) is 1. The summed E-state index contributed by atoms with van der Waals surface area (Å²) < 4.78 is 33.6. The second-order valence-corrected chi connectivity index (χ2v) is 10.9. The Morgan fingerprint density at radius 3 is 2.58 bits per heavy atom. The lowest BCUT2D eigenvalue weighted by Gasteiger charge is -2.31. The number of rotatable bonds is 8. The summed E-state index contributed by atoms with van der Waals surface area (Å²) in [6.45, 7) is 9.25. The molecule has 2 aliphatic rings. The first-order valence-electron chi connectivity index (χ1n) is 11.6. The molecule has 0 aliphatic carbocycles. The van der Waals surface area contributed by atoms with E-state index in [0.717, 1.165) is 45.2 Å². The van der Waals surface area contributed by atoms with E-state index in [4.69, 9.17) is 4.74 Å². The standard InChI is InChI=1S/C23H37N3O4S/c1-4-19-9-8-12-25(16-19)17-23(27)24-21-15-20(10-11-22(21)30-18(2)3)31(28,29)26-13-6-5-7-14-26/h10-11,15,18-19H,4-9,12-14,16-17H2,1-3H3,(H,24,27). The predicted octanol–water partition coefficient (Wildman–Crippen LogP) is 3.71. The zero-order chi connectivity index (χ0) is 22.4. The molecule has 1 amide bonds. The summed E-state index contributed by atoms with van der Waals surface area (Å²) in [4.78, 5) is 15.2. The summed E-state index contributed by atoms with van der Waals surface area (Å²) in [5.74, 6) is 0.989. The lowest BCUT2D eigenvalue weighted by atomic mass is 9.96. The number of piperidine rings is 2. The van der Waals surface area contributed by atoms with Crippen molar-refractivity contribution in [3.63, 3.8) is 0 Å². The zero-order valence-corrected chi connectivity index (χ0v) is 19.9. The van der Waals surface area contributed by atoms with E-state index in [1.807, 2.05) is 13.8 Å². The van der Waals surface area contributed by atoms with Gasteiger partial charge in [-0.2, -0.15) is 4.31 Å². The first-order valence-corrected chi connectivity index (χ1v) is 13.1. The Hall–Kier alpha value is -1.64. The van der Waals surface area contributed by atoms with Crippen molar-refractivity contribution in [1.29, 1.82) is 0 Å². The maximum atomic E-state index is 13.1. The van der Waals surface area contributed by atoms with Gasteiger partial charge in [0.1, 0.15) is 5.75 Å². The van der Waals surface area contributed by atoms with E-state index in [1.165, 1.54) is 6.42 Å². The van der Waals surface area contributed by atoms with Gasteiger partial charge in [-0.3, -0.25) is 9.69 Å². The topological polar surface area (TPSA) is 79.0 Å². The van der Waals surface area contributed by atoms with Gasteiger partial charge in [-0.1, -0.05) is 19.8 Å². The molecule has 0 aromatic heterocycles. The number of benzene rings is 1. The third-order valence-corrected chi connectivity index (χ3v) is 7.98. The van der Waals surface area contributed by atoms with Crippen LogP contribution in [0.2, 0.25) is 0 Å². The van der Waals surface area contributed by atoms with Crippen LogP contribution in [-0.2, 0) is 14.8 Å². The SMILES string of the molecule is CCC1CCCN(CC(=O)Nc2cc(S(=O)(=O)N3CCCCC3)ccc2OC(C)C)C1. The highest BCUT2D eigenvalue weighted by Gasteiger charge is 2.27. The minimum absolute atomic E-state index is 0.0902. The van der Waals surface area contributed by atoms with Crippen LogP contribution in [-0.4, -0.2) is 62.4 Å². The fraction of sp³-hybridized carbons (Fsp3) is 0.696. The van der Waals surface area contributed by atoms with Crippen LogP contribution in [0.3, 0.4) is 0 Å². The van der Waals surface area contributed by atoms with E-state index in [1.54, 1.807) is 22.5 Å². The van der Waals surface area contributed by atoms with Gasteiger partial charge in [-0.05, 0) is 70.2 Å². The van der Waals surface area contributed by atoms with Crippen LogP contribution in [0, 0.1) is 5.92 Å². The van der Waals surface area contributed by atoms with Crippen LogP contribution < -0.4 is 10.1 Å². The van der Waals surface area contributed by atoms with Crippen molar-refractivity contribution in [3.8, 4) is 5.75 Å². The van der Waals surface area contributed by atoms with Gasteiger partial charge in [0.15, 0.2) is 0 Å². The molecule has 7 nitrogen and oxygen atoms in total. The molecule has 1 aromatic rings. The molecule has 2 fully saturated rings. The van der Waals surface area contributed by atoms with Gasteiger partial charge in [-0.15, -0.1) is 0 Å². The normalized spacial score (nSPS) is 21.2. The minimum atomic E-state index is -3.59. The smallest absolute Gasteiger partial charge is 0.243 e. The molecule has 1 aromatic carbocycles. The fourth-order valence-corrected chi connectivity index (χ4v) is 5.94. The molecule has 0 bridgehead atoms. The Morgan fingerprint density at radius 1 is 1.16 bits per heavy atom. The number of likely N-dealkylation sites (tertiary alicyclic amines) is 1. The molecule has 0 radical (unpaired) electrons. The van der Waals surface area contributed by atoms with Gasteiger partial charge in [-0.25, -0.2) is 8.42 Å². The summed E-state index contributed by atoms with van der Waals surface area (Å²) in [6, 6.07) is 4.78. The number of anilines is 1. The van der Waals surface area contributed by atoms with Crippen LogP contribution >= 0.6 is 0 Å². The Bertz CT molecular complexity index is 850. The zero-order valence-electron chi connectivity index (χ0n) is 19.1. The van der Waals surface area contributed by atoms with Gasteiger partial charge in [0.05, 0.1) is 23.2 Å². The average molecular weight is 452 g/mol. The Balaban J connectivity index is 1.77. The monoisotopic (exact) mass is 451 g/mol. The third-order valence-electron chi connectivity index (χ3n) is 6.09. The van der Waals surface area contributed by atoms with Gasteiger partial charge in [0.2, 0.25) is 15.9 Å². The number of amides is 1. The first kappa shape index (κ1) is 24.0. The van der Waals surface area contributed by atoms with Crippen LogP contribution in [0.15, 0.2) is 23.1 Å². The highest BCUT2D eigenvalue weighted by atomic mass is 32.2. The molecular formula is C23H37N3O4S. The van der Waals surface area contributed by atoms with Gasteiger partial charge < -0.3 is 10.1 Å². The molecule has 174 valence electrons. The predicted molar refractivity (Wildman–Crippen MR) is 123 cm³/mol. The second kappa shape index (κ2) is 10.8. The molecule has 0 saturated carbocycles. The van der Waals surface area contributed by atoms with Gasteiger partial charge in [0, 0.05) is 19.6 Å². The van der Waals surface area contributed by atoms with Gasteiger partial charge in [0.25, 0.3) is 0 Å². The second-order valence-electron chi connectivity index (χ2n) is 8.99. The maximum absolute atomic E-state index is 13.1. The highest BCUT2D eigenvalue weighted by Crippen LogP contribution is 2.31. The van der Waals surface area contributed by atoms with E-state index >= 15 is 0 Å². The highest BCUT2D eigenvalue weighted by molar-refractivity contribution is 7.89. The molecule has 1 unspecified atom stereocenters. The summed E-state index contributed by atoms with van der Waals surface area (Å²) in [5, 5.41) is 2.92. The van der Waals surface area contributed by atoms with E-state index in [2.05, 4.69) is 17.1 Å². The Morgan fingerprint density at radius 2 is 1.90 bits per heavy atom. The number of sulfonamides is 1. The molecule has 0 spiro atoms. The van der Waals surface area contributed by atoms with Gasteiger partial charge >= 0.3 is 0 Å². The summed E-state index contributed by atoms with van der Waals surface area (Å²) in [6.07, 6.45) is 6.18. The van der Waals surface area contributed by atoms with Crippen molar-refractivity contribution in [1.82, 2.24) is 9.21 Å². The lowest BCUT2D eigenvalue weighted by Crippen LogP contribution is -2.40. The number of ether oxygens (including phenoxy) is 1. The number of hydrogen-bond acceptors (Lipinski definition) is 5. The number of carbonyl (C=O) groups is 1. The summed E-state index contributed by atoms with van der Waals surface area (Å²) in [5.41, 5.74) is 0.417. The summed E-state index contributed by atoms with van der Waals surface area (Å²) >= 11 is 0. The van der Waals surface area contributed by atoms with Crippen molar-refractivity contribution >= 4 is 21.6 Å². The van der Waals surface area contributed by atoms with Crippen molar-refractivity contribution < 1.29 is 17.9 Å². The third kappa shape index (κ3) is 6.43. The number of carbonyl (C=O) groups excluding carboxylic acids is 1. The van der Waals surface area contributed by atoms with Crippen LogP contribution in [0.4, 0.5) is 5.69 Å². The lowest BCUT2D eigenvalue weighted by molar-refractivity contribution is -0.117. The molecular weight excluding hydrogens is 414 g/mol. The van der Waals surface area contributed by atoms with Crippen LogP contribution in [0.5, 0.6) is 5.75 Å². The largest absolute Gasteiger partial charge is 0.489 e. The fourth-order valence-electron chi connectivity index (χ4n) is 4.40. The van der Waals surface area contributed by atoms with E-state index in [-0.39, 0.29) is 16.9 Å².